The molecule has 0 heterocycles. The summed E-state index contributed by atoms with van der Waals surface area (Å²) in [6, 6.07) is 3.60. The average Bonchev–Trinajstić information content (AvgIpc) is 2.38. The predicted molar refractivity (Wildman–Crippen MR) is 82.6 cm³/mol. The molecule has 1 rings (SSSR count). The van der Waals surface area contributed by atoms with Crippen molar-refractivity contribution in [2.24, 2.45) is 5.92 Å². The molecule has 0 aliphatic carbocycles. The number of hydrogen-bond donors (Lipinski definition) is 0. The molecule has 19 heavy (non-hydrogen) atoms. The molecule has 0 radical (unpaired) electrons. The second kappa shape index (κ2) is 7.37. The normalized spacial score (nSPS) is 10.2. The van der Waals surface area contributed by atoms with Gasteiger partial charge in [0.25, 0.3) is 0 Å². The lowest BCUT2D eigenvalue weighted by Gasteiger charge is -2.13. The summed E-state index contributed by atoms with van der Waals surface area (Å²) in [5, 5.41) is 0. The Labute approximate surface area is 126 Å². The van der Waals surface area contributed by atoms with E-state index in [0.717, 1.165) is 9.13 Å². The third kappa shape index (κ3) is 4.74. The zero-order valence-corrected chi connectivity index (χ0v) is 13.4. The molecule has 0 saturated heterocycles. The Morgan fingerprint density at radius 2 is 2.16 bits per heavy atom. The molecule has 0 unspecified atom stereocenters. The summed E-state index contributed by atoms with van der Waals surface area (Å²) in [7, 11) is 1.52. The largest absolute Gasteiger partial charge is 0.514 e. The van der Waals surface area contributed by atoms with E-state index in [2.05, 4.69) is 29.2 Å². The zero-order chi connectivity index (χ0) is 14.4. The van der Waals surface area contributed by atoms with E-state index in [-0.39, 0.29) is 5.92 Å². The van der Waals surface area contributed by atoms with E-state index >= 15 is 0 Å². The summed E-state index contributed by atoms with van der Waals surface area (Å²) in [6.07, 6.45) is 0.974. The van der Waals surface area contributed by atoms with Gasteiger partial charge in [0.2, 0.25) is 0 Å². The molecule has 0 atom stereocenters. The molecule has 0 N–H and O–H groups in total. The van der Waals surface area contributed by atoms with Crippen LogP contribution in [-0.2, 0) is 4.74 Å². The molecule has 0 amide bonds. The van der Waals surface area contributed by atoms with Crippen LogP contribution in [0, 0.1) is 9.49 Å². The number of methoxy groups -OCH3 is 1. The van der Waals surface area contributed by atoms with E-state index in [1.54, 1.807) is 12.1 Å². The van der Waals surface area contributed by atoms with E-state index < -0.39 is 6.16 Å². The number of carbonyl (C=O) groups is 1. The lowest BCUT2D eigenvalue weighted by atomic mass is 10.2. The van der Waals surface area contributed by atoms with Crippen LogP contribution in [-0.4, -0.2) is 19.9 Å². The minimum atomic E-state index is -0.726. The number of carbonyl (C=O) groups excluding carboxylic acids is 1. The Bertz CT molecular complexity index is 469. The smallest absolute Gasteiger partial charge is 0.493 e. The molecule has 0 aliphatic heterocycles. The van der Waals surface area contributed by atoms with Gasteiger partial charge in [0.05, 0.1) is 17.3 Å². The first-order valence-electron chi connectivity index (χ1n) is 5.82. The summed E-state index contributed by atoms with van der Waals surface area (Å²) >= 11 is 2.07. The van der Waals surface area contributed by atoms with Gasteiger partial charge in [-0.3, -0.25) is 0 Å². The van der Waals surface area contributed by atoms with Crippen molar-refractivity contribution in [2.75, 3.05) is 13.7 Å². The number of ether oxygens (including phenoxy) is 3. The fourth-order valence-corrected chi connectivity index (χ4v) is 2.04. The quantitative estimate of drug-likeness (QED) is 0.441. The molecular weight excluding hydrogens is 359 g/mol. The lowest BCUT2D eigenvalue weighted by molar-refractivity contribution is 0.0872. The van der Waals surface area contributed by atoms with E-state index in [1.807, 2.05) is 19.9 Å². The van der Waals surface area contributed by atoms with Crippen LogP contribution >= 0.6 is 22.6 Å². The number of rotatable bonds is 5. The highest BCUT2D eigenvalue weighted by Gasteiger charge is 2.16. The van der Waals surface area contributed by atoms with Crippen molar-refractivity contribution in [1.82, 2.24) is 0 Å². The Morgan fingerprint density at radius 1 is 1.47 bits per heavy atom. The number of halogens is 1. The van der Waals surface area contributed by atoms with Crippen molar-refractivity contribution >= 4 is 34.8 Å². The maximum Gasteiger partial charge on any atom is 0.514 e. The van der Waals surface area contributed by atoms with Gasteiger partial charge in [-0.15, -0.1) is 0 Å². The maximum absolute atomic E-state index is 11.6. The third-order valence-corrected chi connectivity index (χ3v) is 3.01. The summed E-state index contributed by atoms with van der Waals surface area (Å²) < 4.78 is 16.1. The molecule has 0 saturated carbocycles. The average molecular weight is 376 g/mol. The van der Waals surface area contributed by atoms with Gasteiger partial charge in [-0.2, -0.15) is 0 Å². The van der Waals surface area contributed by atoms with E-state index in [1.165, 1.54) is 7.11 Å². The van der Waals surface area contributed by atoms with Gasteiger partial charge < -0.3 is 14.2 Å². The Kier molecular flexibility index (Phi) is 6.14. The first kappa shape index (κ1) is 15.8. The molecule has 5 heteroatoms. The fourth-order valence-electron chi connectivity index (χ4n) is 1.30. The van der Waals surface area contributed by atoms with Crippen molar-refractivity contribution < 1.29 is 19.0 Å². The van der Waals surface area contributed by atoms with E-state index in [4.69, 9.17) is 14.2 Å². The summed E-state index contributed by atoms with van der Waals surface area (Å²) in [5.74, 6) is 1.10. The molecule has 0 aliphatic rings. The van der Waals surface area contributed by atoms with Gasteiger partial charge in [-0.05, 0) is 46.2 Å². The van der Waals surface area contributed by atoms with E-state index in [0.29, 0.717) is 18.1 Å². The van der Waals surface area contributed by atoms with Crippen LogP contribution in [0.2, 0.25) is 0 Å². The van der Waals surface area contributed by atoms with Crippen molar-refractivity contribution in [3.05, 3.63) is 27.8 Å². The highest BCUT2D eigenvalue weighted by molar-refractivity contribution is 14.1. The first-order valence-corrected chi connectivity index (χ1v) is 6.90. The molecule has 0 bridgehead atoms. The van der Waals surface area contributed by atoms with Crippen LogP contribution in [0.4, 0.5) is 4.79 Å². The second-order valence-electron chi connectivity index (χ2n) is 4.30. The topological polar surface area (TPSA) is 44.8 Å². The van der Waals surface area contributed by atoms with Crippen molar-refractivity contribution in [1.29, 1.82) is 0 Å². The summed E-state index contributed by atoms with van der Waals surface area (Å²) in [6.45, 7) is 7.93. The van der Waals surface area contributed by atoms with Crippen LogP contribution in [0.25, 0.3) is 6.08 Å². The molecule has 4 nitrogen and oxygen atoms in total. The van der Waals surface area contributed by atoms with Crippen LogP contribution in [0.3, 0.4) is 0 Å². The van der Waals surface area contributed by atoms with Gasteiger partial charge in [0, 0.05) is 0 Å². The molecule has 0 fully saturated rings. The fraction of sp³-hybridized carbons (Fsp3) is 0.357. The summed E-state index contributed by atoms with van der Waals surface area (Å²) in [5.41, 5.74) is 0.893. The van der Waals surface area contributed by atoms with Crippen molar-refractivity contribution in [2.45, 2.75) is 13.8 Å². The molecule has 1 aromatic carbocycles. The van der Waals surface area contributed by atoms with Gasteiger partial charge in [0.1, 0.15) is 0 Å². The highest BCUT2D eigenvalue weighted by Crippen LogP contribution is 2.34. The molecule has 0 spiro atoms. The van der Waals surface area contributed by atoms with Gasteiger partial charge in [-0.1, -0.05) is 26.5 Å². The maximum atomic E-state index is 11.6. The van der Waals surface area contributed by atoms with Crippen molar-refractivity contribution in [3.63, 3.8) is 0 Å². The zero-order valence-electron chi connectivity index (χ0n) is 11.2. The molecular formula is C14H17IO4. The predicted octanol–water partition coefficient (Wildman–Crippen LogP) is 4.11. The monoisotopic (exact) mass is 376 g/mol. The second-order valence-corrected chi connectivity index (χ2v) is 5.46. The SMILES string of the molecule is C=Cc1cc(I)c(OC(=O)OCC(C)C)c(OC)c1. The highest BCUT2D eigenvalue weighted by atomic mass is 127. The number of benzene rings is 1. The Balaban J connectivity index is 2.88. The third-order valence-electron chi connectivity index (χ3n) is 2.21. The van der Waals surface area contributed by atoms with Crippen molar-refractivity contribution in [3.8, 4) is 11.5 Å². The Hall–Kier alpha value is -1.24. The van der Waals surface area contributed by atoms with Gasteiger partial charge in [-0.25, -0.2) is 4.79 Å². The van der Waals surface area contributed by atoms with Gasteiger partial charge in [0.15, 0.2) is 11.5 Å². The van der Waals surface area contributed by atoms with Crippen LogP contribution in [0.5, 0.6) is 11.5 Å². The van der Waals surface area contributed by atoms with Crippen LogP contribution in [0.1, 0.15) is 19.4 Å². The lowest BCUT2D eigenvalue weighted by Crippen LogP contribution is -2.15. The first-order chi connectivity index (χ1) is 8.97. The van der Waals surface area contributed by atoms with E-state index in [9.17, 15) is 4.79 Å². The van der Waals surface area contributed by atoms with Crippen LogP contribution in [0.15, 0.2) is 18.7 Å². The number of hydrogen-bond acceptors (Lipinski definition) is 4. The van der Waals surface area contributed by atoms with Gasteiger partial charge >= 0.3 is 6.16 Å². The standard InChI is InChI=1S/C14H17IO4/c1-5-10-6-11(15)13(12(7-10)17-4)19-14(16)18-8-9(2)3/h5-7,9H,1,8H2,2-4H3. The molecule has 104 valence electrons. The molecule has 0 aromatic heterocycles. The Morgan fingerprint density at radius 3 is 2.68 bits per heavy atom. The minimum Gasteiger partial charge on any atom is -0.493 e. The molecule has 1 aromatic rings. The summed E-state index contributed by atoms with van der Waals surface area (Å²) in [4.78, 5) is 11.6. The minimum absolute atomic E-state index is 0.261. The van der Waals surface area contributed by atoms with Crippen LogP contribution < -0.4 is 9.47 Å².